The molecule has 5 heteroatoms. The summed E-state index contributed by atoms with van der Waals surface area (Å²) in [5.41, 5.74) is 3.75. The van der Waals surface area contributed by atoms with E-state index in [0.29, 0.717) is 39.1 Å². The van der Waals surface area contributed by atoms with Crippen molar-refractivity contribution in [2.45, 2.75) is 0 Å². The molecule has 0 saturated heterocycles. The van der Waals surface area contributed by atoms with Crippen molar-refractivity contribution in [1.29, 1.82) is 0 Å². The number of carbonyl (C=O) groups is 2. The average molecular weight is 404 g/mol. The van der Waals surface area contributed by atoms with Crippen molar-refractivity contribution in [3.63, 3.8) is 0 Å². The van der Waals surface area contributed by atoms with Crippen LogP contribution in [0.25, 0.3) is 33.2 Å². The molecule has 0 atom stereocenters. The standard InChI is InChI=1S/C26H16N2O3/c1-31-21-13-11-18(14-6-2-3-7-15(14)21)26-27-20-12-10-19-22(23(20)28-26)25(30)17-9-5-4-8-16(17)24(19)29/h2-13H,1H3,(H,27,28). The number of nitrogens with zero attached hydrogens (tertiary/aromatic N) is 1. The zero-order valence-electron chi connectivity index (χ0n) is 16.6. The molecule has 1 aromatic heterocycles. The van der Waals surface area contributed by atoms with Crippen LogP contribution in [0.4, 0.5) is 0 Å². The highest BCUT2D eigenvalue weighted by Crippen LogP contribution is 2.36. The number of ketones is 2. The first-order valence-electron chi connectivity index (χ1n) is 9.94. The molecule has 0 radical (unpaired) electrons. The molecule has 148 valence electrons. The monoisotopic (exact) mass is 404 g/mol. The van der Waals surface area contributed by atoms with Gasteiger partial charge in [0.15, 0.2) is 11.6 Å². The van der Waals surface area contributed by atoms with Gasteiger partial charge in [0.05, 0.1) is 18.2 Å². The molecule has 0 unspecified atom stereocenters. The molecule has 0 bridgehead atoms. The molecule has 0 aliphatic heterocycles. The molecule has 1 N–H and O–H groups in total. The van der Waals surface area contributed by atoms with E-state index in [1.807, 2.05) is 42.5 Å². The number of ether oxygens (including phenoxy) is 1. The highest BCUT2D eigenvalue weighted by molar-refractivity contribution is 6.31. The molecule has 6 rings (SSSR count). The maximum Gasteiger partial charge on any atom is 0.196 e. The van der Waals surface area contributed by atoms with Crippen molar-refractivity contribution >= 4 is 33.4 Å². The van der Waals surface area contributed by atoms with Crippen molar-refractivity contribution in [2.75, 3.05) is 7.11 Å². The SMILES string of the molecule is COc1ccc(-c2nc3c4c(ccc3[nH]2)C(=O)c2ccccc2C4=O)c2ccccc12. The van der Waals surface area contributed by atoms with E-state index in [1.54, 1.807) is 37.4 Å². The molecular formula is C26H16N2O3. The maximum absolute atomic E-state index is 13.3. The number of aromatic nitrogens is 2. The number of H-pyrrole nitrogens is 1. The Labute approximate surface area is 177 Å². The Bertz CT molecular complexity index is 1560. The first kappa shape index (κ1) is 17.6. The second-order valence-corrected chi connectivity index (χ2v) is 7.53. The lowest BCUT2D eigenvalue weighted by molar-refractivity contribution is 0.0980. The number of hydrogen-bond acceptors (Lipinski definition) is 4. The lowest BCUT2D eigenvalue weighted by Crippen LogP contribution is -2.21. The number of benzene rings is 4. The van der Waals surface area contributed by atoms with Gasteiger partial charge in [-0.25, -0.2) is 4.98 Å². The minimum absolute atomic E-state index is 0.147. The van der Waals surface area contributed by atoms with Gasteiger partial charge in [-0.15, -0.1) is 0 Å². The molecule has 0 saturated carbocycles. The van der Waals surface area contributed by atoms with Crippen molar-refractivity contribution in [1.82, 2.24) is 9.97 Å². The molecule has 5 aromatic rings. The van der Waals surface area contributed by atoms with E-state index in [-0.39, 0.29) is 11.6 Å². The number of fused-ring (bicyclic) bond motifs is 5. The van der Waals surface area contributed by atoms with Crippen LogP contribution < -0.4 is 4.74 Å². The Hall–Kier alpha value is -4.25. The summed E-state index contributed by atoms with van der Waals surface area (Å²) in [6, 6.07) is 22.3. The molecule has 5 nitrogen and oxygen atoms in total. The fraction of sp³-hybridized carbons (Fsp3) is 0.0385. The molecule has 0 fully saturated rings. The second kappa shape index (κ2) is 6.37. The van der Waals surface area contributed by atoms with Gasteiger partial charge in [0.1, 0.15) is 17.1 Å². The van der Waals surface area contributed by atoms with E-state index in [9.17, 15) is 9.59 Å². The van der Waals surface area contributed by atoms with E-state index in [2.05, 4.69) is 4.98 Å². The Balaban J connectivity index is 1.61. The number of hydrogen-bond donors (Lipinski definition) is 1. The lowest BCUT2D eigenvalue weighted by atomic mass is 9.83. The Morgan fingerprint density at radius 1 is 0.710 bits per heavy atom. The summed E-state index contributed by atoms with van der Waals surface area (Å²) in [6.07, 6.45) is 0. The number of nitrogens with one attached hydrogen (secondary N) is 1. The number of aromatic amines is 1. The first-order valence-corrected chi connectivity index (χ1v) is 9.94. The van der Waals surface area contributed by atoms with E-state index < -0.39 is 0 Å². The minimum atomic E-state index is -0.173. The Kier molecular flexibility index (Phi) is 3.62. The lowest BCUT2D eigenvalue weighted by Gasteiger charge is -2.17. The first-order chi connectivity index (χ1) is 15.2. The summed E-state index contributed by atoms with van der Waals surface area (Å²) in [6.45, 7) is 0. The van der Waals surface area contributed by atoms with Crippen molar-refractivity contribution < 1.29 is 14.3 Å². The van der Waals surface area contributed by atoms with Crippen LogP contribution in [-0.4, -0.2) is 28.6 Å². The molecule has 1 heterocycles. The summed E-state index contributed by atoms with van der Waals surface area (Å²) in [4.78, 5) is 34.4. The average Bonchev–Trinajstić information content (AvgIpc) is 3.25. The molecule has 4 aromatic carbocycles. The molecule has 0 spiro atoms. The number of rotatable bonds is 2. The van der Waals surface area contributed by atoms with Crippen LogP contribution in [0.2, 0.25) is 0 Å². The van der Waals surface area contributed by atoms with Gasteiger partial charge < -0.3 is 9.72 Å². The highest BCUT2D eigenvalue weighted by atomic mass is 16.5. The van der Waals surface area contributed by atoms with Crippen LogP contribution in [0, 0.1) is 0 Å². The predicted octanol–water partition coefficient (Wildman–Crippen LogP) is 5.17. The fourth-order valence-electron chi connectivity index (χ4n) is 4.44. The Morgan fingerprint density at radius 3 is 2.16 bits per heavy atom. The van der Waals surface area contributed by atoms with Crippen LogP contribution in [0.3, 0.4) is 0 Å². The predicted molar refractivity (Wildman–Crippen MR) is 119 cm³/mol. The quantitative estimate of drug-likeness (QED) is 0.432. The third-order valence-corrected chi connectivity index (χ3v) is 5.90. The van der Waals surface area contributed by atoms with Gasteiger partial charge in [-0.3, -0.25) is 9.59 Å². The van der Waals surface area contributed by atoms with Crippen molar-refractivity contribution in [3.8, 4) is 17.1 Å². The van der Waals surface area contributed by atoms with Gasteiger partial charge in [0.2, 0.25) is 0 Å². The summed E-state index contributed by atoms with van der Waals surface area (Å²) in [7, 11) is 1.65. The fourth-order valence-corrected chi connectivity index (χ4v) is 4.44. The van der Waals surface area contributed by atoms with E-state index in [1.165, 1.54) is 0 Å². The topological polar surface area (TPSA) is 72.0 Å². The largest absolute Gasteiger partial charge is 0.496 e. The third-order valence-electron chi connectivity index (χ3n) is 5.90. The van der Waals surface area contributed by atoms with Gasteiger partial charge in [-0.05, 0) is 29.7 Å². The summed E-state index contributed by atoms with van der Waals surface area (Å²) in [5, 5.41) is 1.97. The van der Waals surface area contributed by atoms with Gasteiger partial charge in [0, 0.05) is 27.6 Å². The van der Waals surface area contributed by atoms with Crippen molar-refractivity contribution in [3.05, 3.63) is 95.1 Å². The maximum atomic E-state index is 13.3. The second-order valence-electron chi connectivity index (χ2n) is 7.53. The van der Waals surface area contributed by atoms with E-state index >= 15 is 0 Å². The summed E-state index contributed by atoms with van der Waals surface area (Å²) < 4.78 is 5.50. The van der Waals surface area contributed by atoms with Crippen LogP contribution in [0.15, 0.2) is 72.8 Å². The minimum Gasteiger partial charge on any atom is -0.496 e. The molecule has 0 amide bonds. The highest BCUT2D eigenvalue weighted by Gasteiger charge is 2.32. The molecule has 1 aliphatic carbocycles. The normalized spacial score (nSPS) is 12.8. The van der Waals surface area contributed by atoms with Gasteiger partial charge >= 0.3 is 0 Å². The van der Waals surface area contributed by atoms with E-state index in [0.717, 1.165) is 22.1 Å². The van der Waals surface area contributed by atoms with E-state index in [4.69, 9.17) is 9.72 Å². The smallest absolute Gasteiger partial charge is 0.196 e. The number of carbonyl (C=O) groups excluding carboxylic acids is 2. The zero-order chi connectivity index (χ0) is 21.1. The van der Waals surface area contributed by atoms with Gasteiger partial charge in [-0.1, -0.05) is 48.5 Å². The number of methoxy groups -OCH3 is 1. The van der Waals surface area contributed by atoms with Gasteiger partial charge in [-0.2, -0.15) is 0 Å². The molecule has 1 aliphatic rings. The summed E-state index contributed by atoms with van der Waals surface area (Å²) in [5.74, 6) is 1.10. The van der Waals surface area contributed by atoms with Crippen LogP contribution in [-0.2, 0) is 0 Å². The molecule has 31 heavy (non-hydrogen) atoms. The van der Waals surface area contributed by atoms with Crippen LogP contribution in [0.1, 0.15) is 31.8 Å². The molecular weight excluding hydrogens is 388 g/mol. The summed E-state index contributed by atoms with van der Waals surface area (Å²) >= 11 is 0. The zero-order valence-corrected chi connectivity index (χ0v) is 16.6. The van der Waals surface area contributed by atoms with Gasteiger partial charge in [0.25, 0.3) is 0 Å². The third kappa shape index (κ3) is 2.40. The van der Waals surface area contributed by atoms with Crippen LogP contribution in [0.5, 0.6) is 5.75 Å². The van der Waals surface area contributed by atoms with Crippen molar-refractivity contribution in [2.24, 2.45) is 0 Å². The Morgan fingerprint density at radius 2 is 1.39 bits per heavy atom. The van der Waals surface area contributed by atoms with Crippen LogP contribution >= 0.6 is 0 Å². The number of imidazole rings is 1.